The van der Waals surface area contributed by atoms with Gasteiger partial charge in [0.1, 0.15) is 11.7 Å². The van der Waals surface area contributed by atoms with Crippen LogP contribution in [0.3, 0.4) is 0 Å². The molecule has 0 spiro atoms. The van der Waals surface area contributed by atoms with Crippen molar-refractivity contribution in [3.05, 3.63) is 35.6 Å². The molecule has 86 valence electrons. The number of carboxylic acid groups (broad SMARTS) is 1. The van der Waals surface area contributed by atoms with Gasteiger partial charge in [-0.3, -0.25) is 9.59 Å². The van der Waals surface area contributed by atoms with Crippen LogP contribution in [0.5, 0.6) is 0 Å². The Bertz CT molecular complexity index is 412. The Kier molecular flexibility index (Phi) is 3.77. The van der Waals surface area contributed by atoms with Gasteiger partial charge in [0.15, 0.2) is 5.78 Å². The second-order valence-electron chi connectivity index (χ2n) is 3.90. The molecule has 0 saturated heterocycles. The molecule has 0 fully saturated rings. The lowest BCUT2D eigenvalue weighted by molar-refractivity contribution is -0.141. The molecule has 0 saturated carbocycles. The van der Waals surface area contributed by atoms with Gasteiger partial charge in [0, 0.05) is 0 Å². The molecular formula is C12H13FO3. The Morgan fingerprint density at radius 2 is 1.81 bits per heavy atom. The van der Waals surface area contributed by atoms with E-state index in [2.05, 4.69) is 0 Å². The van der Waals surface area contributed by atoms with Gasteiger partial charge < -0.3 is 5.11 Å². The quantitative estimate of drug-likeness (QED) is 0.631. The molecule has 1 N–H and O–H groups in total. The molecule has 1 rings (SSSR count). The van der Waals surface area contributed by atoms with E-state index >= 15 is 0 Å². The first-order valence-corrected chi connectivity index (χ1v) is 4.96. The number of benzene rings is 1. The van der Waals surface area contributed by atoms with Crippen LogP contribution in [-0.4, -0.2) is 16.9 Å². The van der Waals surface area contributed by atoms with Crippen LogP contribution in [0.25, 0.3) is 0 Å². The van der Waals surface area contributed by atoms with Crippen LogP contribution in [0.15, 0.2) is 24.3 Å². The fraction of sp³-hybridized carbons (Fsp3) is 0.333. The Balaban J connectivity index is 3.10. The second kappa shape index (κ2) is 4.88. The van der Waals surface area contributed by atoms with Crippen LogP contribution in [0, 0.1) is 17.7 Å². The third kappa shape index (κ3) is 2.45. The number of halogens is 1. The van der Waals surface area contributed by atoms with Gasteiger partial charge in [-0.1, -0.05) is 26.0 Å². The zero-order valence-corrected chi connectivity index (χ0v) is 9.11. The molecule has 0 heterocycles. The first-order chi connectivity index (χ1) is 7.45. The zero-order chi connectivity index (χ0) is 12.3. The highest BCUT2D eigenvalue weighted by Crippen LogP contribution is 2.19. The summed E-state index contributed by atoms with van der Waals surface area (Å²) in [6, 6.07) is 5.41. The van der Waals surface area contributed by atoms with E-state index in [9.17, 15) is 14.0 Å². The third-order valence-electron chi connectivity index (χ3n) is 2.35. The van der Waals surface area contributed by atoms with E-state index in [0.29, 0.717) is 0 Å². The van der Waals surface area contributed by atoms with E-state index in [1.165, 1.54) is 18.2 Å². The predicted octanol–water partition coefficient (Wildman–Crippen LogP) is 2.37. The lowest BCUT2D eigenvalue weighted by Crippen LogP contribution is -2.29. The molecule has 4 heteroatoms. The van der Waals surface area contributed by atoms with Gasteiger partial charge in [-0.15, -0.1) is 0 Å². The van der Waals surface area contributed by atoms with Gasteiger partial charge in [0.05, 0.1) is 5.56 Å². The zero-order valence-electron chi connectivity index (χ0n) is 9.11. The van der Waals surface area contributed by atoms with Gasteiger partial charge in [0.25, 0.3) is 0 Å². The van der Waals surface area contributed by atoms with E-state index in [4.69, 9.17) is 5.11 Å². The van der Waals surface area contributed by atoms with Crippen LogP contribution in [0.2, 0.25) is 0 Å². The van der Waals surface area contributed by atoms with Crippen molar-refractivity contribution >= 4 is 11.8 Å². The lowest BCUT2D eigenvalue weighted by Gasteiger charge is -2.15. The minimum atomic E-state index is -1.22. The topological polar surface area (TPSA) is 54.4 Å². The fourth-order valence-electron chi connectivity index (χ4n) is 1.53. The molecule has 0 aliphatic rings. The molecule has 0 aromatic heterocycles. The van der Waals surface area contributed by atoms with Crippen LogP contribution in [-0.2, 0) is 4.79 Å². The maximum atomic E-state index is 13.3. The van der Waals surface area contributed by atoms with Crippen molar-refractivity contribution in [1.29, 1.82) is 0 Å². The van der Waals surface area contributed by atoms with Crippen LogP contribution < -0.4 is 0 Å². The minimum absolute atomic E-state index is 0.163. The van der Waals surface area contributed by atoms with Crippen molar-refractivity contribution in [2.45, 2.75) is 13.8 Å². The van der Waals surface area contributed by atoms with Crippen LogP contribution >= 0.6 is 0 Å². The highest BCUT2D eigenvalue weighted by Gasteiger charge is 2.31. The highest BCUT2D eigenvalue weighted by molar-refractivity contribution is 6.08. The summed E-state index contributed by atoms with van der Waals surface area (Å²) in [7, 11) is 0. The van der Waals surface area contributed by atoms with Crippen molar-refractivity contribution in [1.82, 2.24) is 0 Å². The summed E-state index contributed by atoms with van der Waals surface area (Å²) in [5.41, 5.74) is -0.163. The molecule has 0 bridgehead atoms. The van der Waals surface area contributed by atoms with Gasteiger partial charge in [0.2, 0.25) is 0 Å². The molecular weight excluding hydrogens is 211 g/mol. The average Bonchev–Trinajstić information content (AvgIpc) is 2.16. The molecule has 0 amide bonds. The number of aliphatic carboxylic acids is 1. The van der Waals surface area contributed by atoms with E-state index in [1.54, 1.807) is 13.8 Å². The van der Waals surface area contributed by atoms with Gasteiger partial charge in [-0.05, 0) is 18.1 Å². The number of rotatable bonds is 4. The van der Waals surface area contributed by atoms with E-state index < -0.39 is 23.5 Å². The Labute approximate surface area is 92.9 Å². The maximum absolute atomic E-state index is 13.3. The maximum Gasteiger partial charge on any atom is 0.314 e. The van der Waals surface area contributed by atoms with Gasteiger partial charge in [-0.2, -0.15) is 0 Å². The number of Topliss-reactive ketones (excluding diaryl/α,β-unsaturated/α-hetero) is 1. The molecule has 1 unspecified atom stereocenters. The number of carboxylic acids is 1. The fourth-order valence-corrected chi connectivity index (χ4v) is 1.53. The normalized spacial score (nSPS) is 12.5. The molecule has 1 atom stereocenters. The molecule has 1 aromatic carbocycles. The summed E-state index contributed by atoms with van der Waals surface area (Å²) in [4.78, 5) is 22.8. The number of carbonyl (C=O) groups excluding carboxylic acids is 1. The van der Waals surface area contributed by atoms with Crippen LogP contribution in [0.4, 0.5) is 4.39 Å². The van der Waals surface area contributed by atoms with Crippen molar-refractivity contribution in [2.24, 2.45) is 11.8 Å². The van der Waals surface area contributed by atoms with Gasteiger partial charge >= 0.3 is 5.97 Å². The summed E-state index contributed by atoms with van der Waals surface area (Å²) in [6.45, 7) is 3.25. The third-order valence-corrected chi connectivity index (χ3v) is 2.35. The molecule has 0 radical (unpaired) electrons. The summed E-state index contributed by atoms with van der Waals surface area (Å²) in [5.74, 6) is -4.15. The number of hydrogen-bond donors (Lipinski definition) is 1. The lowest BCUT2D eigenvalue weighted by atomic mass is 9.88. The van der Waals surface area contributed by atoms with Gasteiger partial charge in [-0.25, -0.2) is 4.39 Å². The number of hydrogen-bond acceptors (Lipinski definition) is 2. The monoisotopic (exact) mass is 224 g/mol. The molecule has 3 nitrogen and oxygen atoms in total. The predicted molar refractivity (Wildman–Crippen MR) is 56.7 cm³/mol. The first kappa shape index (κ1) is 12.4. The molecule has 16 heavy (non-hydrogen) atoms. The second-order valence-corrected chi connectivity index (χ2v) is 3.90. The Morgan fingerprint density at radius 1 is 1.25 bits per heavy atom. The van der Waals surface area contributed by atoms with E-state index in [1.807, 2.05) is 0 Å². The molecule has 0 aliphatic heterocycles. The molecule has 0 aliphatic carbocycles. The first-order valence-electron chi connectivity index (χ1n) is 4.96. The number of carbonyl (C=O) groups is 2. The smallest absolute Gasteiger partial charge is 0.314 e. The van der Waals surface area contributed by atoms with Crippen LogP contribution in [0.1, 0.15) is 24.2 Å². The average molecular weight is 224 g/mol. The SMILES string of the molecule is CC(C)C(C(=O)O)C(=O)c1ccccc1F. The standard InChI is InChI=1S/C12H13FO3/c1-7(2)10(12(15)16)11(14)8-5-3-4-6-9(8)13/h3-7,10H,1-2H3,(H,15,16). The van der Waals surface area contributed by atoms with Crippen molar-refractivity contribution in [3.8, 4) is 0 Å². The van der Waals surface area contributed by atoms with Crippen molar-refractivity contribution in [2.75, 3.05) is 0 Å². The Morgan fingerprint density at radius 3 is 2.25 bits per heavy atom. The minimum Gasteiger partial charge on any atom is -0.481 e. The summed E-state index contributed by atoms with van der Waals surface area (Å²) < 4.78 is 13.3. The Hall–Kier alpha value is -1.71. The number of ketones is 1. The summed E-state index contributed by atoms with van der Waals surface area (Å²) in [5, 5.41) is 8.92. The highest BCUT2D eigenvalue weighted by atomic mass is 19.1. The largest absolute Gasteiger partial charge is 0.481 e. The molecule has 1 aromatic rings. The van der Waals surface area contributed by atoms with Crippen molar-refractivity contribution < 1.29 is 19.1 Å². The van der Waals surface area contributed by atoms with E-state index in [0.717, 1.165) is 6.07 Å². The summed E-state index contributed by atoms with van der Waals surface area (Å²) in [6.07, 6.45) is 0. The van der Waals surface area contributed by atoms with Crippen molar-refractivity contribution in [3.63, 3.8) is 0 Å². The van der Waals surface area contributed by atoms with E-state index in [-0.39, 0.29) is 11.5 Å². The summed E-state index contributed by atoms with van der Waals surface area (Å²) >= 11 is 0.